The smallest absolute Gasteiger partial charge is 0.326 e. The topological polar surface area (TPSA) is 127 Å². The average molecular weight is 402 g/mol. The van der Waals surface area contributed by atoms with Crippen LogP contribution in [0.3, 0.4) is 0 Å². The first kappa shape index (κ1) is 19.3. The summed E-state index contributed by atoms with van der Waals surface area (Å²) in [6, 6.07) is 19.6. The van der Waals surface area contributed by atoms with Gasteiger partial charge in [-0.3, -0.25) is 14.6 Å². The molecule has 0 bridgehead atoms. The fourth-order valence-electron chi connectivity index (χ4n) is 3.45. The van der Waals surface area contributed by atoms with Crippen LogP contribution in [0.15, 0.2) is 87.5 Å². The Kier molecular flexibility index (Phi) is 4.99. The molecule has 4 rings (SSSR count). The Hall–Kier alpha value is -4.04. The Bertz CT molecular complexity index is 1230. The molecule has 4 N–H and O–H groups in total. The van der Waals surface area contributed by atoms with Crippen molar-refractivity contribution in [1.82, 2.24) is 15.4 Å². The molecule has 0 radical (unpaired) electrons. The van der Waals surface area contributed by atoms with Gasteiger partial charge in [0.05, 0.1) is 5.71 Å². The fraction of sp³-hybridized carbons (Fsp3) is 0.0909. The average Bonchev–Trinajstić information content (AvgIpc) is 3.10. The van der Waals surface area contributed by atoms with Gasteiger partial charge in [0.15, 0.2) is 0 Å². The van der Waals surface area contributed by atoms with Crippen molar-refractivity contribution in [2.45, 2.75) is 12.0 Å². The first-order valence-corrected chi connectivity index (χ1v) is 9.22. The highest BCUT2D eigenvalue weighted by molar-refractivity contribution is 6.09. The zero-order chi connectivity index (χ0) is 21.1. The lowest BCUT2D eigenvalue weighted by atomic mass is 9.84. The summed E-state index contributed by atoms with van der Waals surface area (Å²) >= 11 is 0. The maximum atomic E-state index is 12.3. The largest absolute Gasteiger partial charge is 0.380 e. The number of hydrogen-bond acceptors (Lipinski definition) is 5. The number of aliphatic hydroxyl groups is 1. The van der Waals surface area contributed by atoms with Gasteiger partial charge in [-0.1, -0.05) is 60.7 Å². The molecular weight excluding hydrogens is 384 g/mol. The molecule has 1 aromatic heterocycles. The molecule has 2 aromatic carbocycles. The predicted molar refractivity (Wildman–Crippen MR) is 112 cm³/mol. The summed E-state index contributed by atoms with van der Waals surface area (Å²) in [5.74, 6) is -0.740. The van der Waals surface area contributed by atoms with Gasteiger partial charge < -0.3 is 10.1 Å². The molecule has 0 aliphatic heterocycles. The van der Waals surface area contributed by atoms with Crippen molar-refractivity contribution >= 4 is 17.2 Å². The van der Waals surface area contributed by atoms with Gasteiger partial charge in [0, 0.05) is 12.5 Å². The second-order valence-corrected chi connectivity index (χ2v) is 6.87. The number of benzene rings is 2. The number of H-pyrrole nitrogens is 2. The summed E-state index contributed by atoms with van der Waals surface area (Å²) in [6.07, 6.45) is 1.87. The van der Waals surface area contributed by atoms with Gasteiger partial charge in [-0.25, -0.2) is 10.2 Å². The third-order valence-electron chi connectivity index (χ3n) is 4.84. The van der Waals surface area contributed by atoms with Crippen molar-refractivity contribution in [2.24, 2.45) is 5.10 Å². The van der Waals surface area contributed by atoms with Crippen LogP contribution in [0.25, 0.3) is 5.57 Å². The van der Waals surface area contributed by atoms with E-state index in [4.69, 9.17) is 0 Å². The molecule has 8 nitrogen and oxygen atoms in total. The van der Waals surface area contributed by atoms with E-state index in [1.807, 2.05) is 65.6 Å². The lowest BCUT2D eigenvalue weighted by molar-refractivity contribution is 0.0946. The summed E-state index contributed by atoms with van der Waals surface area (Å²) in [5, 5.41) is 15.6. The van der Waals surface area contributed by atoms with E-state index in [2.05, 4.69) is 15.5 Å². The number of nitrogens with one attached hydrogen (secondary N) is 3. The van der Waals surface area contributed by atoms with Crippen LogP contribution < -0.4 is 16.7 Å². The molecular formula is C22H18N4O4. The molecule has 8 heteroatoms. The first-order valence-electron chi connectivity index (χ1n) is 9.22. The first-order chi connectivity index (χ1) is 14.5. The number of rotatable bonds is 4. The highest BCUT2D eigenvalue weighted by Gasteiger charge is 2.40. The summed E-state index contributed by atoms with van der Waals surface area (Å²) in [4.78, 5) is 39.2. The number of nitrogens with zero attached hydrogens (tertiary/aromatic N) is 1. The molecule has 1 atom stereocenters. The van der Waals surface area contributed by atoms with Gasteiger partial charge in [-0.2, -0.15) is 5.10 Å². The Balaban J connectivity index is 1.67. The molecule has 0 fully saturated rings. The lowest BCUT2D eigenvalue weighted by Gasteiger charge is -2.27. The number of allylic oxidation sites excluding steroid dienone is 1. The lowest BCUT2D eigenvalue weighted by Crippen LogP contribution is -2.29. The van der Waals surface area contributed by atoms with Gasteiger partial charge in [-0.05, 0) is 22.8 Å². The van der Waals surface area contributed by atoms with Crippen LogP contribution in [-0.2, 0) is 5.60 Å². The Morgan fingerprint density at radius 2 is 1.67 bits per heavy atom. The number of amides is 1. The van der Waals surface area contributed by atoms with E-state index in [9.17, 15) is 19.5 Å². The minimum Gasteiger partial charge on any atom is -0.380 e. The van der Waals surface area contributed by atoms with Crippen molar-refractivity contribution in [2.75, 3.05) is 0 Å². The molecule has 1 aliphatic carbocycles. The van der Waals surface area contributed by atoms with E-state index in [0.717, 1.165) is 11.6 Å². The van der Waals surface area contributed by atoms with Crippen LogP contribution in [0.1, 0.15) is 28.0 Å². The Morgan fingerprint density at radius 3 is 2.33 bits per heavy atom. The SMILES string of the molecule is O=C(N/N=C1/C=C(c2ccccc2)C(O)(c2ccccc2)C1)c1cc(=O)[nH]c(=O)[nH]1. The summed E-state index contributed by atoms with van der Waals surface area (Å²) < 4.78 is 0. The van der Waals surface area contributed by atoms with E-state index < -0.39 is 22.8 Å². The van der Waals surface area contributed by atoms with Crippen LogP contribution in [0.2, 0.25) is 0 Å². The zero-order valence-corrected chi connectivity index (χ0v) is 15.8. The molecule has 1 aliphatic rings. The molecule has 150 valence electrons. The molecule has 0 spiro atoms. The summed E-state index contributed by atoms with van der Waals surface area (Å²) in [6.45, 7) is 0. The number of hydrazone groups is 1. The van der Waals surface area contributed by atoms with Gasteiger partial charge in [-0.15, -0.1) is 0 Å². The zero-order valence-electron chi connectivity index (χ0n) is 15.8. The Labute approximate surface area is 170 Å². The predicted octanol–water partition coefficient (Wildman–Crippen LogP) is 1.52. The van der Waals surface area contributed by atoms with Gasteiger partial charge in [0.1, 0.15) is 11.3 Å². The van der Waals surface area contributed by atoms with Crippen LogP contribution in [0.5, 0.6) is 0 Å². The number of aromatic nitrogens is 2. The van der Waals surface area contributed by atoms with Crippen molar-refractivity contribution in [3.05, 3.63) is 110 Å². The van der Waals surface area contributed by atoms with Gasteiger partial charge >= 0.3 is 5.69 Å². The molecule has 30 heavy (non-hydrogen) atoms. The highest BCUT2D eigenvalue weighted by atomic mass is 16.3. The van der Waals surface area contributed by atoms with Crippen LogP contribution >= 0.6 is 0 Å². The van der Waals surface area contributed by atoms with Crippen molar-refractivity contribution in [1.29, 1.82) is 0 Å². The maximum Gasteiger partial charge on any atom is 0.326 e. The summed E-state index contributed by atoms with van der Waals surface area (Å²) in [7, 11) is 0. The number of aromatic amines is 2. The third kappa shape index (κ3) is 3.76. The summed E-state index contributed by atoms with van der Waals surface area (Å²) in [5.41, 5.74) is 1.96. The number of carbonyl (C=O) groups excluding carboxylic acids is 1. The second kappa shape index (κ2) is 7.76. The van der Waals surface area contributed by atoms with Crippen LogP contribution in [0, 0.1) is 0 Å². The maximum absolute atomic E-state index is 12.3. The quantitative estimate of drug-likeness (QED) is 0.494. The molecule has 0 saturated heterocycles. The highest BCUT2D eigenvalue weighted by Crippen LogP contribution is 2.43. The van der Waals surface area contributed by atoms with Gasteiger partial charge in [0.25, 0.3) is 11.5 Å². The van der Waals surface area contributed by atoms with Gasteiger partial charge in [0.2, 0.25) is 0 Å². The minimum absolute atomic E-state index is 0.146. The van der Waals surface area contributed by atoms with E-state index in [1.165, 1.54) is 0 Å². The third-order valence-corrected chi connectivity index (χ3v) is 4.84. The second-order valence-electron chi connectivity index (χ2n) is 6.87. The Morgan fingerprint density at radius 1 is 1.00 bits per heavy atom. The van der Waals surface area contributed by atoms with Crippen molar-refractivity contribution in [3.8, 4) is 0 Å². The van der Waals surface area contributed by atoms with Crippen molar-refractivity contribution in [3.63, 3.8) is 0 Å². The molecule has 1 heterocycles. The van der Waals surface area contributed by atoms with E-state index in [-0.39, 0.29) is 12.1 Å². The van der Waals surface area contributed by atoms with Crippen LogP contribution in [-0.4, -0.2) is 26.7 Å². The monoisotopic (exact) mass is 402 g/mol. The van der Waals surface area contributed by atoms with Crippen molar-refractivity contribution < 1.29 is 9.90 Å². The molecule has 1 unspecified atom stereocenters. The van der Waals surface area contributed by atoms with E-state index in [0.29, 0.717) is 16.8 Å². The van der Waals surface area contributed by atoms with E-state index >= 15 is 0 Å². The number of hydrogen-bond donors (Lipinski definition) is 4. The molecule has 1 amide bonds. The number of carbonyl (C=O) groups is 1. The minimum atomic E-state index is -1.32. The van der Waals surface area contributed by atoms with E-state index in [1.54, 1.807) is 6.08 Å². The normalized spacial score (nSPS) is 19.5. The molecule has 3 aromatic rings. The van der Waals surface area contributed by atoms with Crippen LogP contribution in [0.4, 0.5) is 0 Å². The standard InChI is InChI=1S/C22H18N4O4/c27-19-12-18(23-21(29)24-19)20(28)26-25-16-11-17(14-7-3-1-4-8-14)22(30,13-16)15-9-5-2-6-10-15/h1-12,30H,13H2,(H,26,28)(H2,23,24,27,29)/b25-16-. The fourth-order valence-corrected chi connectivity index (χ4v) is 3.45. The molecule has 0 saturated carbocycles.